The molecule has 2 N–H and O–H groups in total. The number of benzene rings is 1. The Balaban J connectivity index is 1.58. The van der Waals surface area contributed by atoms with Crippen molar-refractivity contribution in [2.45, 2.75) is 88.3 Å². The summed E-state index contributed by atoms with van der Waals surface area (Å²) in [6, 6.07) is 4.15. The second-order valence-electron chi connectivity index (χ2n) is 11.6. The van der Waals surface area contributed by atoms with E-state index in [2.05, 4.69) is 18.7 Å². The van der Waals surface area contributed by atoms with Gasteiger partial charge in [0.1, 0.15) is 12.4 Å². The molecule has 1 unspecified atom stereocenters. The number of piperidine rings is 1. The van der Waals surface area contributed by atoms with E-state index in [0.29, 0.717) is 32.0 Å². The Morgan fingerprint density at radius 1 is 1.32 bits per heavy atom. The summed E-state index contributed by atoms with van der Waals surface area (Å²) >= 11 is 6.81. The van der Waals surface area contributed by atoms with Gasteiger partial charge in [0.05, 0.1) is 22.3 Å². The van der Waals surface area contributed by atoms with Crippen LogP contribution in [0.4, 0.5) is 0 Å². The quantitative estimate of drug-likeness (QED) is 0.410. The minimum Gasteiger partial charge on any atom is -0.489 e. The number of ether oxygens (including phenoxy) is 3. The molecule has 37 heavy (non-hydrogen) atoms. The summed E-state index contributed by atoms with van der Waals surface area (Å²) < 4.78 is 29.4. The number of nitrogens with two attached hydrogens (primary N) is 1. The first-order chi connectivity index (χ1) is 17.4. The molecule has 0 spiro atoms. The third-order valence-corrected chi connectivity index (χ3v) is 9.45. The molecule has 3 fully saturated rings. The lowest BCUT2D eigenvalue weighted by atomic mass is 9.75. The first kappa shape index (κ1) is 28.6. The molecule has 1 aromatic rings. The van der Waals surface area contributed by atoms with Crippen LogP contribution in [0.25, 0.3) is 0 Å². The monoisotopic (exact) mass is 552 g/mol. The van der Waals surface area contributed by atoms with Crippen molar-refractivity contribution >= 4 is 28.5 Å². The second-order valence-corrected chi connectivity index (χ2v) is 13.7. The fourth-order valence-corrected chi connectivity index (χ4v) is 6.20. The van der Waals surface area contributed by atoms with Gasteiger partial charge in [-0.1, -0.05) is 24.3 Å². The van der Waals surface area contributed by atoms with Crippen LogP contribution < -0.4 is 9.88 Å². The Hall–Kier alpha value is -1.45. The fourth-order valence-electron chi connectivity index (χ4n) is 5.53. The molecule has 1 saturated carbocycles. The topological polar surface area (TPSA) is 91.1 Å². The highest BCUT2D eigenvalue weighted by Gasteiger charge is 2.42. The summed E-state index contributed by atoms with van der Waals surface area (Å²) in [7, 11) is -1.50. The van der Waals surface area contributed by atoms with Crippen LogP contribution in [-0.4, -0.2) is 58.0 Å². The van der Waals surface area contributed by atoms with E-state index in [1.807, 2.05) is 32.6 Å². The molecule has 2 heterocycles. The first-order valence-electron chi connectivity index (χ1n) is 13.3. The van der Waals surface area contributed by atoms with E-state index < -0.39 is 27.6 Å². The molecular formula is C28H41ClN2O5S. The number of rotatable bonds is 10. The summed E-state index contributed by atoms with van der Waals surface area (Å²) in [5.74, 6) is 0.817. The van der Waals surface area contributed by atoms with Crippen LogP contribution >= 0.6 is 11.6 Å². The Bertz CT molecular complexity index is 1030. The van der Waals surface area contributed by atoms with Crippen LogP contribution in [0.2, 0.25) is 5.02 Å². The van der Waals surface area contributed by atoms with Gasteiger partial charge in [-0.05, 0) is 101 Å². The molecule has 1 amide bonds. The van der Waals surface area contributed by atoms with Gasteiger partial charge in [0, 0.05) is 18.1 Å². The molecule has 206 valence electrons. The Morgan fingerprint density at radius 3 is 2.54 bits per heavy atom. The summed E-state index contributed by atoms with van der Waals surface area (Å²) in [4.78, 5) is 15.0. The zero-order valence-corrected chi connectivity index (χ0v) is 24.0. The maximum Gasteiger partial charge on any atom is 0.254 e. The Kier molecular flexibility index (Phi) is 8.76. The van der Waals surface area contributed by atoms with Gasteiger partial charge < -0.3 is 19.1 Å². The maximum absolute atomic E-state index is 13.1. The predicted octanol–water partition coefficient (Wildman–Crippen LogP) is 5.05. The molecule has 0 radical (unpaired) electrons. The molecule has 9 heteroatoms. The molecule has 3 atom stereocenters. The number of likely N-dealkylation sites (tertiary alicyclic amines) is 1. The molecule has 1 aromatic carbocycles. The highest BCUT2D eigenvalue weighted by molar-refractivity contribution is 7.84. The van der Waals surface area contributed by atoms with Gasteiger partial charge in [-0.25, -0.2) is 4.21 Å². The minimum absolute atomic E-state index is 0.0178. The molecule has 0 bridgehead atoms. The van der Waals surface area contributed by atoms with Crippen LogP contribution in [0.3, 0.4) is 0 Å². The van der Waals surface area contributed by atoms with E-state index in [1.165, 1.54) is 0 Å². The standard InChI is InChI=1S/C28H41ClN2O5S/c1-6-13-34-24-15-20(18-7-8-18)23(29)14-21(24)22(16-27(2,3)37(30)33)19-9-11-31(12-10-19)26(32)25-17-35-28(4,5)36-25/h6,14-15,18-19,22,25H,1,7-13,16-17,30H2,2-5H3/t22-,25+,37?/m0/s1. The zero-order chi connectivity index (χ0) is 27.0. The molecule has 7 nitrogen and oxygen atoms in total. The van der Waals surface area contributed by atoms with Crippen molar-refractivity contribution in [2.24, 2.45) is 11.1 Å². The van der Waals surface area contributed by atoms with Gasteiger partial charge in [-0.3, -0.25) is 9.93 Å². The third-order valence-electron chi connectivity index (χ3n) is 7.86. The number of carbonyl (C=O) groups is 1. The maximum atomic E-state index is 13.1. The number of hydrogen-bond acceptors (Lipinski definition) is 5. The first-order valence-corrected chi connectivity index (χ1v) is 14.8. The van der Waals surface area contributed by atoms with Crippen molar-refractivity contribution in [3.8, 4) is 5.75 Å². The van der Waals surface area contributed by atoms with Crippen molar-refractivity contribution in [2.75, 3.05) is 26.3 Å². The van der Waals surface area contributed by atoms with Crippen LogP contribution in [0.15, 0.2) is 24.8 Å². The zero-order valence-electron chi connectivity index (χ0n) is 22.5. The highest BCUT2D eigenvalue weighted by atomic mass is 35.5. The van der Waals surface area contributed by atoms with Gasteiger partial charge in [0.2, 0.25) is 0 Å². The van der Waals surface area contributed by atoms with Crippen LogP contribution in [0.1, 0.15) is 82.8 Å². The Morgan fingerprint density at radius 2 is 2.00 bits per heavy atom. The van der Waals surface area contributed by atoms with E-state index >= 15 is 0 Å². The lowest BCUT2D eigenvalue weighted by Crippen LogP contribution is -2.46. The van der Waals surface area contributed by atoms with Crippen molar-refractivity contribution in [1.29, 1.82) is 0 Å². The highest BCUT2D eigenvalue weighted by Crippen LogP contribution is 2.49. The van der Waals surface area contributed by atoms with Crippen molar-refractivity contribution in [1.82, 2.24) is 4.90 Å². The van der Waals surface area contributed by atoms with E-state index in [1.54, 1.807) is 6.08 Å². The minimum atomic E-state index is -1.50. The SMILES string of the molecule is C=CCOc1cc(C2CC2)c(Cl)cc1[C@@H](CC(C)(C)S(N)=O)C1CCN(C(=O)[C@H]2COC(C)(C)O2)CC1. The van der Waals surface area contributed by atoms with E-state index in [0.717, 1.165) is 47.6 Å². The van der Waals surface area contributed by atoms with E-state index in [9.17, 15) is 9.00 Å². The number of hydrogen-bond donors (Lipinski definition) is 1. The largest absolute Gasteiger partial charge is 0.489 e. The molecular weight excluding hydrogens is 512 g/mol. The normalized spacial score (nSPS) is 24.1. The van der Waals surface area contributed by atoms with Crippen LogP contribution in [-0.2, 0) is 25.3 Å². The summed E-state index contributed by atoms with van der Waals surface area (Å²) in [6.45, 7) is 13.3. The Labute approximate surface area is 228 Å². The average Bonchev–Trinajstić information content (AvgIpc) is 3.63. The lowest BCUT2D eigenvalue weighted by molar-refractivity contribution is -0.161. The van der Waals surface area contributed by atoms with E-state index in [4.69, 9.17) is 31.0 Å². The van der Waals surface area contributed by atoms with Crippen LogP contribution in [0.5, 0.6) is 5.75 Å². The lowest BCUT2D eigenvalue weighted by Gasteiger charge is -2.39. The fraction of sp³-hybridized carbons (Fsp3) is 0.679. The number of halogens is 1. The smallest absolute Gasteiger partial charge is 0.254 e. The molecule has 1 aliphatic carbocycles. The van der Waals surface area contributed by atoms with Gasteiger partial charge in [-0.15, -0.1) is 0 Å². The number of nitrogens with zero attached hydrogens (tertiary/aromatic N) is 1. The van der Waals surface area contributed by atoms with Crippen molar-refractivity contribution in [3.63, 3.8) is 0 Å². The second kappa shape index (κ2) is 11.3. The average molecular weight is 553 g/mol. The number of amides is 1. The van der Waals surface area contributed by atoms with Crippen molar-refractivity contribution in [3.05, 3.63) is 40.9 Å². The van der Waals surface area contributed by atoms with Crippen molar-refractivity contribution < 1.29 is 23.2 Å². The predicted molar refractivity (Wildman–Crippen MR) is 147 cm³/mol. The van der Waals surface area contributed by atoms with Gasteiger partial charge in [0.25, 0.3) is 5.91 Å². The summed E-state index contributed by atoms with van der Waals surface area (Å²) in [5.41, 5.74) is 2.15. The van der Waals surface area contributed by atoms with E-state index in [-0.39, 0.29) is 24.3 Å². The van der Waals surface area contributed by atoms with Gasteiger partial charge >= 0.3 is 0 Å². The van der Waals surface area contributed by atoms with Gasteiger partial charge in [0.15, 0.2) is 11.9 Å². The molecule has 4 rings (SSSR count). The molecule has 2 aliphatic heterocycles. The summed E-state index contributed by atoms with van der Waals surface area (Å²) in [5, 5.41) is 6.68. The molecule has 3 aliphatic rings. The van der Waals surface area contributed by atoms with Crippen LogP contribution in [0, 0.1) is 5.92 Å². The molecule has 2 saturated heterocycles. The number of carbonyl (C=O) groups excluding carboxylic acids is 1. The molecule has 0 aromatic heterocycles. The van der Waals surface area contributed by atoms with Gasteiger partial charge in [-0.2, -0.15) is 0 Å². The third kappa shape index (κ3) is 6.77. The summed E-state index contributed by atoms with van der Waals surface area (Å²) in [6.07, 6.45) is 5.69.